The van der Waals surface area contributed by atoms with E-state index in [-0.39, 0.29) is 11.9 Å². The molecule has 15 heavy (non-hydrogen) atoms. The summed E-state index contributed by atoms with van der Waals surface area (Å²) in [7, 11) is 0. The van der Waals surface area contributed by atoms with Crippen molar-refractivity contribution in [3.8, 4) is 5.75 Å². The lowest BCUT2D eigenvalue weighted by molar-refractivity contribution is 0.147. The van der Waals surface area contributed by atoms with Gasteiger partial charge in [0.1, 0.15) is 11.6 Å². The van der Waals surface area contributed by atoms with Crippen LogP contribution in [0.25, 0.3) is 0 Å². The van der Waals surface area contributed by atoms with E-state index in [0.717, 1.165) is 31.4 Å². The van der Waals surface area contributed by atoms with Gasteiger partial charge in [0.15, 0.2) is 0 Å². The first-order chi connectivity index (χ1) is 7.24. The summed E-state index contributed by atoms with van der Waals surface area (Å²) in [5, 5.41) is 0. The van der Waals surface area contributed by atoms with Gasteiger partial charge in [-0.3, -0.25) is 0 Å². The van der Waals surface area contributed by atoms with Crippen molar-refractivity contribution in [1.29, 1.82) is 0 Å². The van der Waals surface area contributed by atoms with Crippen LogP contribution in [-0.2, 0) is 0 Å². The second-order valence-electron chi connectivity index (χ2n) is 4.11. The molecule has 0 atom stereocenters. The molecule has 1 aliphatic rings. The van der Waals surface area contributed by atoms with E-state index in [1.165, 1.54) is 12.1 Å². The van der Waals surface area contributed by atoms with Crippen LogP contribution in [0, 0.1) is 5.82 Å². The van der Waals surface area contributed by atoms with E-state index in [9.17, 15) is 4.39 Å². The molecular formula is C12H16FNO. The molecule has 2 nitrogen and oxygen atoms in total. The molecule has 0 unspecified atom stereocenters. The zero-order valence-corrected chi connectivity index (χ0v) is 8.66. The lowest BCUT2D eigenvalue weighted by atomic mass is 9.94. The molecular weight excluding hydrogens is 193 g/mol. The van der Waals surface area contributed by atoms with Crippen LogP contribution in [0.3, 0.4) is 0 Å². The van der Waals surface area contributed by atoms with Crippen LogP contribution in [0.5, 0.6) is 5.75 Å². The Balaban J connectivity index is 1.89. The Morgan fingerprint density at radius 1 is 1.07 bits per heavy atom. The van der Waals surface area contributed by atoms with E-state index in [1.807, 2.05) is 0 Å². The van der Waals surface area contributed by atoms with Gasteiger partial charge in [-0.25, -0.2) is 4.39 Å². The molecule has 0 spiro atoms. The van der Waals surface area contributed by atoms with Crippen molar-refractivity contribution in [3.05, 3.63) is 30.1 Å². The minimum atomic E-state index is -0.229. The SMILES string of the molecule is N[C@H]1CC[C@H](Oc2ccc(F)cc2)CC1. The molecule has 2 N–H and O–H groups in total. The highest BCUT2D eigenvalue weighted by molar-refractivity contribution is 5.22. The third-order valence-corrected chi connectivity index (χ3v) is 2.84. The minimum absolute atomic E-state index is 0.229. The summed E-state index contributed by atoms with van der Waals surface area (Å²) in [5.74, 6) is 0.518. The number of hydrogen-bond acceptors (Lipinski definition) is 2. The molecule has 1 aromatic rings. The highest BCUT2D eigenvalue weighted by Gasteiger charge is 2.19. The van der Waals surface area contributed by atoms with Gasteiger partial charge in [0.25, 0.3) is 0 Å². The molecule has 1 saturated carbocycles. The molecule has 0 radical (unpaired) electrons. The van der Waals surface area contributed by atoms with Gasteiger partial charge in [0.2, 0.25) is 0 Å². The van der Waals surface area contributed by atoms with E-state index in [1.54, 1.807) is 12.1 Å². The van der Waals surface area contributed by atoms with Crippen molar-refractivity contribution < 1.29 is 9.13 Å². The van der Waals surface area contributed by atoms with Gasteiger partial charge in [0.05, 0.1) is 6.10 Å². The summed E-state index contributed by atoms with van der Waals surface area (Å²) in [4.78, 5) is 0. The predicted molar refractivity (Wildman–Crippen MR) is 57.3 cm³/mol. The zero-order valence-electron chi connectivity index (χ0n) is 8.66. The van der Waals surface area contributed by atoms with Gasteiger partial charge in [-0.15, -0.1) is 0 Å². The summed E-state index contributed by atoms with van der Waals surface area (Å²) in [6.07, 6.45) is 4.28. The van der Waals surface area contributed by atoms with Crippen molar-refractivity contribution in [2.75, 3.05) is 0 Å². The van der Waals surface area contributed by atoms with E-state index in [2.05, 4.69) is 0 Å². The van der Waals surface area contributed by atoms with E-state index < -0.39 is 0 Å². The van der Waals surface area contributed by atoms with E-state index in [4.69, 9.17) is 10.5 Å². The molecule has 3 heteroatoms. The fraction of sp³-hybridized carbons (Fsp3) is 0.500. The maximum atomic E-state index is 12.6. The number of hydrogen-bond donors (Lipinski definition) is 1. The third-order valence-electron chi connectivity index (χ3n) is 2.84. The topological polar surface area (TPSA) is 35.2 Å². The Morgan fingerprint density at radius 3 is 2.27 bits per heavy atom. The van der Waals surface area contributed by atoms with Gasteiger partial charge in [0, 0.05) is 6.04 Å². The molecule has 1 aliphatic carbocycles. The molecule has 1 aromatic carbocycles. The Hall–Kier alpha value is -1.09. The van der Waals surface area contributed by atoms with Crippen molar-refractivity contribution >= 4 is 0 Å². The third kappa shape index (κ3) is 2.93. The van der Waals surface area contributed by atoms with Crippen LogP contribution < -0.4 is 10.5 Å². The van der Waals surface area contributed by atoms with Gasteiger partial charge in [-0.05, 0) is 49.9 Å². The number of halogens is 1. The fourth-order valence-corrected chi connectivity index (χ4v) is 1.91. The van der Waals surface area contributed by atoms with Gasteiger partial charge in [-0.2, -0.15) is 0 Å². The summed E-state index contributed by atoms with van der Waals surface area (Å²) in [6, 6.07) is 6.51. The molecule has 2 rings (SSSR count). The van der Waals surface area contributed by atoms with Crippen LogP contribution in [-0.4, -0.2) is 12.1 Å². The number of benzene rings is 1. The maximum absolute atomic E-state index is 12.6. The molecule has 0 heterocycles. The fourth-order valence-electron chi connectivity index (χ4n) is 1.91. The second-order valence-corrected chi connectivity index (χ2v) is 4.11. The molecule has 0 saturated heterocycles. The van der Waals surface area contributed by atoms with Gasteiger partial charge in [-0.1, -0.05) is 0 Å². The molecule has 1 fully saturated rings. The first-order valence-electron chi connectivity index (χ1n) is 5.42. The quantitative estimate of drug-likeness (QED) is 0.812. The van der Waals surface area contributed by atoms with Crippen molar-refractivity contribution in [2.45, 2.75) is 37.8 Å². The summed E-state index contributed by atoms with van der Waals surface area (Å²) < 4.78 is 18.4. The van der Waals surface area contributed by atoms with Crippen molar-refractivity contribution in [1.82, 2.24) is 0 Å². The number of ether oxygens (including phenoxy) is 1. The average molecular weight is 209 g/mol. The molecule has 0 aromatic heterocycles. The predicted octanol–water partition coefficient (Wildman–Crippen LogP) is 2.47. The molecule has 0 aliphatic heterocycles. The second kappa shape index (κ2) is 4.62. The standard InChI is InChI=1S/C12H16FNO/c13-9-1-5-11(6-2-9)15-12-7-3-10(14)4-8-12/h1-2,5-6,10,12H,3-4,7-8,14H2/t10-,12-. The van der Waals surface area contributed by atoms with Crippen LogP contribution in [0.15, 0.2) is 24.3 Å². The normalized spacial score (nSPS) is 26.3. The van der Waals surface area contributed by atoms with Crippen LogP contribution in [0.4, 0.5) is 4.39 Å². The lowest BCUT2D eigenvalue weighted by Gasteiger charge is -2.26. The zero-order chi connectivity index (χ0) is 10.7. The maximum Gasteiger partial charge on any atom is 0.123 e. The van der Waals surface area contributed by atoms with Crippen molar-refractivity contribution in [2.24, 2.45) is 5.73 Å². The molecule has 82 valence electrons. The lowest BCUT2D eigenvalue weighted by Crippen LogP contribution is -2.31. The Labute approximate surface area is 89.2 Å². The first-order valence-corrected chi connectivity index (χ1v) is 5.42. The van der Waals surface area contributed by atoms with E-state index in [0.29, 0.717) is 6.04 Å². The summed E-state index contributed by atoms with van der Waals surface area (Å²) in [5.41, 5.74) is 5.81. The first kappa shape index (κ1) is 10.4. The largest absolute Gasteiger partial charge is 0.490 e. The minimum Gasteiger partial charge on any atom is -0.490 e. The smallest absolute Gasteiger partial charge is 0.123 e. The van der Waals surface area contributed by atoms with Gasteiger partial charge < -0.3 is 10.5 Å². The highest BCUT2D eigenvalue weighted by Crippen LogP contribution is 2.22. The average Bonchev–Trinajstić information content (AvgIpc) is 2.25. The monoisotopic (exact) mass is 209 g/mol. The summed E-state index contributed by atoms with van der Waals surface area (Å²) >= 11 is 0. The highest BCUT2D eigenvalue weighted by atomic mass is 19.1. The van der Waals surface area contributed by atoms with Gasteiger partial charge >= 0.3 is 0 Å². The Bertz CT molecular complexity index is 304. The summed E-state index contributed by atoms with van der Waals surface area (Å²) in [6.45, 7) is 0. The van der Waals surface area contributed by atoms with Crippen LogP contribution >= 0.6 is 0 Å². The Morgan fingerprint density at radius 2 is 1.67 bits per heavy atom. The van der Waals surface area contributed by atoms with Crippen molar-refractivity contribution in [3.63, 3.8) is 0 Å². The molecule has 0 amide bonds. The van der Waals surface area contributed by atoms with Crippen LogP contribution in [0.2, 0.25) is 0 Å². The number of rotatable bonds is 2. The number of nitrogens with two attached hydrogens (primary N) is 1. The Kier molecular flexibility index (Phi) is 3.21. The molecule has 0 bridgehead atoms. The van der Waals surface area contributed by atoms with Crippen LogP contribution in [0.1, 0.15) is 25.7 Å². The van der Waals surface area contributed by atoms with E-state index >= 15 is 0 Å².